The van der Waals surface area contributed by atoms with E-state index in [0.29, 0.717) is 10.6 Å². The summed E-state index contributed by atoms with van der Waals surface area (Å²) in [7, 11) is 1.98. The van der Waals surface area contributed by atoms with E-state index in [1.807, 2.05) is 37.4 Å². The molecule has 0 spiro atoms. The lowest BCUT2D eigenvalue weighted by Crippen LogP contribution is -2.21. The SMILES string of the molecule is CC(c1ccc(Cl)cc1)N(C)c1ccc(C#N)cc1Cl. The van der Waals surface area contributed by atoms with Crippen LogP contribution in [0.25, 0.3) is 0 Å². The minimum Gasteiger partial charge on any atom is -0.367 e. The standard InChI is InChI=1S/C16H14Cl2N2/c1-11(13-4-6-14(17)7-5-13)20(2)16-8-3-12(10-19)9-15(16)18/h3-9,11H,1-2H3. The van der Waals surface area contributed by atoms with Gasteiger partial charge in [0.15, 0.2) is 0 Å². The Morgan fingerprint density at radius 3 is 2.30 bits per heavy atom. The molecule has 0 bridgehead atoms. The third kappa shape index (κ3) is 3.07. The lowest BCUT2D eigenvalue weighted by atomic mass is 10.1. The average molecular weight is 305 g/mol. The number of hydrogen-bond acceptors (Lipinski definition) is 2. The molecule has 0 aliphatic heterocycles. The highest BCUT2D eigenvalue weighted by Gasteiger charge is 2.15. The number of hydrogen-bond donors (Lipinski definition) is 0. The van der Waals surface area contributed by atoms with Gasteiger partial charge in [-0.1, -0.05) is 35.3 Å². The molecule has 0 fully saturated rings. The van der Waals surface area contributed by atoms with E-state index in [4.69, 9.17) is 28.5 Å². The second kappa shape index (κ2) is 6.17. The lowest BCUT2D eigenvalue weighted by molar-refractivity contribution is 0.740. The van der Waals surface area contributed by atoms with Crippen molar-refractivity contribution in [2.24, 2.45) is 0 Å². The molecule has 2 nitrogen and oxygen atoms in total. The van der Waals surface area contributed by atoms with Gasteiger partial charge in [0, 0.05) is 12.1 Å². The van der Waals surface area contributed by atoms with Crippen LogP contribution in [0, 0.1) is 11.3 Å². The fourth-order valence-electron chi connectivity index (χ4n) is 2.04. The van der Waals surface area contributed by atoms with Gasteiger partial charge in [0.05, 0.1) is 28.4 Å². The van der Waals surface area contributed by atoms with Gasteiger partial charge in [-0.3, -0.25) is 0 Å². The summed E-state index contributed by atoms with van der Waals surface area (Å²) >= 11 is 12.2. The Labute approximate surface area is 129 Å². The molecule has 0 saturated heterocycles. The Morgan fingerprint density at radius 2 is 1.75 bits per heavy atom. The van der Waals surface area contributed by atoms with Crippen LogP contribution < -0.4 is 4.90 Å². The van der Waals surface area contributed by atoms with Crippen molar-refractivity contribution < 1.29 is 0 Å². The summed E-state index contributed by atoms with van der Waals surface area (Å²) in [5.41, 5.74) is 2.61. The minimum absolute atomic E-state index is 0.151. The molecule has 0 amide bonds. The molecule has 0 N–H and O–H groups in total. The van der Waals surface area contributed by atoms with Crippen molar-refractivity contribution in [3.05, 3.63) is 63.6 Å². The highest BCUT2D eigenvalue weighted by molar-refractivity contribution is 6.33. The van der Waals surface area contributed by atoms with E-state index < -0.39 is 0 Å². The molecule has 4 heteroatoms. The van der Waals surface area contributed by atoms with Gasteiger partial charge in [0.2, 0.25) is 0 Å². The summed E-state index contributed by atoms with van der Waals surface area (Å²) in [6.45, 7) is 2.10. The second-order valence-electron chi connectivity index (χ2n) is 4.62. The number of rotatable bonds is 3. The molecule has 0 aliphatic carbocycles. The van der Waals surface area contributed by atoms with Crippen LogP contribution in [0.3, 0.4) is 0 Å². The minimum atomic E-state index is 0.151. The van der Waals surface area contributed by atoms with Gasteiger partial charge in [-0.2, -0.15) is 5.26 Å². The fraction of sp³-hybridized carbons (Fsp3) is 0.188. The Balaban J connectivity index is 2.29. The van der Waals surface area contributed by atoms with Crippen molar-refractivity contribution in [1.29, 1.82) is 5.26 Å². The first-order chi connectivity index (χ1) is 9.52. The lowest BCUT2D eigenvalue weighted by Gasteiger charge is -2.28. The van der Waals surface area contributed by atoms with Crippen molar-refractivity contribution in [1.82, 2.24) is 0 Å². The number of nitriles is 1. The van der Waals surface area contributed by atoms with E-state index in [1.165, 1.54) is 0 Å². The summed E-state index contributed by atoms with van der Waals surface area (Å²) in [4.78, 5) is 2.08. The van der Waals surface area contributed by atoms with Crippen molar-refractivity contribution in [2.45, 2.75) is 13.0 Å². The van der Waals surface area contributed by atoms with Crippen LogP contribution in [0.1, 0.15) is 24.1 Å². The molecule has 0 aliphatic rings. The third-order valence-corrected chi connectivity index (χ3v) is 3.94. The van der Waals surface area contributed by atoms with Crippen LogP contribution >= 0.6 is 23.2 Å². The molecular weight excluding hydrogens is 291 g/mol. The van der Waals surface area contributed by atoms with Gasteiger partial charge in [0.25, 0.3) is 0 Å². The molecular formula is C16H14Cl2N2. The number of benzene rings is 2. The summed E-state index contributed by atoms with van der Waals surface area (Å²) in [6, 6.07) is 15.3. The van der Waals surface area contributed by atoms with E-state index in [-0.39, 0.29) is 6.04 Å². The summed E-state index contributed by atoms with van der Waals surface area (Å²) in [6.07, 6.45) is 0. The predicted molar refractivity (Wildman–Crippen MR) is 84.4 cm³/mol. The zero-order valence-electron chi connectivity index (χ0n) is 11.3. The first-order valence-corrected chi connectivity index (χ1v) is 6.96. The monoisotopic (exact) mass is 304 g/mol. The molecule has 2 aromatic carbocycles. The topological polar surface area (TPSA) is 27.0 Å². The van der Waals surface area contributed by atoms with E-state index in [2.05, 4.69) is 17.9 Å². The molecule has 1 unspecified atom stereocenters. The van der Waals surface area contributed by atoms with Crippen LogP contribution in [0.5, 0.6) is 0 Å². The van der Waals surface area contributed by atoms with E-state index in [9.17, 15) is 0 Å². The van der Waals surface area contributed by atoms with E-state index >= 15 is 0 Å². The normalized spacial score (nSPS) is 11.8. The van der Waals surface area contributed by atoms with Crippen LogP contribution in [0.2, 0.25) is 10.0 Å². The van der Waals surface area contributed by atoms with Crippen LogP contribution in [0.15, 0.2) is 42.5 Å². The average Bonchev–Trinajstić information content (AvgIpc) is 2.46. The fourth-order valence-corrected chi connectivity index (χ4v) is 2.48. The van der Waals surface area contributed by atoms with Crippen molar-refractivity contribution >= 4 is 28.9 Å². The third-order valence-electron chi connectivity index (χ3n) is 3.39. The maximum absolute atomic E-state index is 8.87. The Bertz CT molecular complexity index is 645. The Morgan fingerprint density at radius 1 is 1.10 bits per heavy atom. The number of halogens is 2. The Kier molecular flexibility index (Phi) is 4.54. The number of nitrogens with zero attached hydrogens (tertiary/aromatic N) is 2. The predicted octanol–water partition coefficient (Wildman–Crippen LogP) is 5.06. The molecule has 1 atom stereocenters. The van der Waals surface area contributed by atoms with Crippen molar-refractivity contribution in [3.63, 3.8) is 0 Å². The van der Waals surface area contributed by atoms with Crippen LogP contribution in [-0.4, -0.2) is 7.05 Å². The highest BCUT2D eigenvalue weighted by Crippen LogP contribution is 2.32. The van der Waals surface area contributed by atoms with Gasteiger partial charge in [-0.05, 0) is 42.8 Å². The zero-order chi connectivity index (χ0) is 14.7. The molecule has 0 heterocycles. The maximum atomic E-state index is 8.87. The number of anilines is 1. The maximum Gasteiger partial charge on any atom is 0.0992 e. The first-order valence-electron chi connectivity index (χ1n) is 6.21. The molecule has 0 radical (unpaired) electrons. The quantitative estimate of drug-likeness (QED) is 0.792. The second-order valence-corrected chi connectivity index (χ2v) is 5.46. The van der Waals surface area contributed by atoms with Gasteiger partial charge in [0.1, 0.15) is 0 Å². The molecule has 2 rings (SSSR count). The van der Waals surface area contributed by atoms with Gasteiger partial charge < -0.3 is 4.90 Å². The van der Waals surface area contributed by atoms with Crippen LogP contribution in [-0.2, 0) is 0 Å². The molecule has 2 aromatic rings. The van der Waals surface area contributed by atoms with E-state index in [1.54, 1.807) is 12.1 Å². The summed E-state index contributed by atoms with van der Waals surface area (Å²) < 4.78 is 0. The molecule has 0 aromatic heterocycles. The summed E-state index contributed by atoms with van der Waals surface area (Å²) in [5, 5.41) is 10.2. The Hall–Kier alpha value is -1.69. The van der Waals surface area contributed by atoms with E-state index in [0.717, 1.165) is 16.3 Å². The van der Waals surface area contributed by atoms with Crippen molar-refractivity contribution in [3.8, 4) is 6.07 Å². The zero-order valence-corrected chi connectivity index (χ0v) is 12.8. The van der Waals surface area contributed by atoms with Gasteiger partial charge in [-0.25, -0.2) is 0 Å². The smallest absolute Gasteiger partial charge is 0.0992 e. The summed E-state index contributed by atoms with van der Waals surface area (Å²) in [5.74, 6) is 0. The van der Waals surface area contributed by atoms with Gasteiger partial charge >= 0.3 is 0 Å². The first kappa shape index (κ1) is 14.7. The highest BCUT2D eigenvalue weighted by atomic mass is 35.5. The largest absolute Gasteiger partial charge is 0.367 e. The molecule has 102 valence electrons. The van der Waals surface area contributed by atoms with Gasteiger partial charge in [-0.15, -0.1) is 0 Å². The van der Waals surface area contributed by atoms with Crippen LogP contribution in [0.4, 0.5) is 5.69 Å². The van der Waals surface area contributed by atoms with Crippen molar-refractivity contribution in [2.75, 3.05) is 11.9 Å². The molecule has 20 heavy (non-hydrogen) atoms. The molecule has 0 saturated carbocycles.